The second kappa shape index (κ2) is 4.87. The van der Waals surface area contributed by atoms with E-state index in [1.807, 2.05) is 30.3 Å². The number of fused-ring (bicyclic) bond motifs is 3. The van der Waals surface area contributed by atoms with E-state index in [1.165, 1.54) is 0 Å². The summed E-state index contributed by atoms with van der Waals surface area (Å²) in [4.78, 5) is 0. The minimum Gasteiger partial charge on any atom is -0.341 e. The zero-order valence-corrected chi connectivity index (χ0v) is 11.2. The molecule has 0 spiro atoms. The number of hydrogen-bond donors (Lipinski definition) is 1. The fraction of sp³-hybridized carbons (Fsp3) is 0.250. The molecule has 0 radical (unpaired) electrons. The largest absolute Gasteiger partial charge is 0.341 e. The molecule has 1 atom stereocenters. The maximum atomic E-state index is 12.8. The summed E-state index contributed by atoms with van der Waals surface area (Å²) < 4.78 is 27.7. The van der Waals surface area contributed by atoms with Crippen molar-refractivity contribution >= 4 is 21.8 Å². The van der Waals surface area contributed by atoms with Gasteiger partial charge in [-0.2, -0.15) is 0 Å². The molecule has 0 aliphatic rings. The lowest BCUT2D eigenvalue weighted by atomic mass is 10.0. The third-order valence-corrected chi connectivity index (χ3v) is 3.77. The molecule has 2 nitrogen and oxygen atoms in total. The van der Waals surface area contributed by atoms with Gasteiger partial charge in [0.2, 0.25) is 0 Å². The molecular formula is C16H16F2N2. The van der Waals surface area contributed by atoms with Crippen LogP contribution < -0.4 is 5.73 Å². The monoisotopic (exact) mass is 274 g/mol. The summed E-state index contributed by atoms with van der Waals surface area (Å²) in [5, 5.41) is 2.06. The highest BCUT2D eigenvalue weighted by Crippen LogP contribution is 2.31. The van der Waals surface area contributed by atoms with Crippen molar-refractivity contribution in [2.75, 3.05) is 0 Å². The maximum Gasteiger partial charge on any atom is 0.257 e. The highest BCUT2D eigenvalue weighted by molar-refractivity contribution is 6.08. The van der Waals surface area contributed by atoms with E-state index >= 15 is 0 Å². The van der Waals surface area contributed by atoms with E-state index in [2.05, 4.69) is 11.5 Å². The minimum absolute atomic E-state index is 0.478. The average molecular weight is 274 g/mol. The van der Waals surface area contributed by atoms with Gasteiger partial charge in [-0.25, -0.2) is 8.78 Å². The third kappa shape index (κ3) is 1.88. The van der Waals surface area contributed by atoms with Crippen LogP contribution in [-0.4, -0.2) is 11.0 Å². The Hall–Kier alpha value is -1.94. The Labute approximate surface area is 115 Å². The highest BCUT2D eigenvalue weighted by atomic mass is 19.3. The molecule has 4 heteroatoms. The fourth-order valence-corrected chi connectivity index (χ4v) is 2.76. The SMILES string of the molecule is CCn1c2ccccc2c2cc([C@H](N)C(F)F)ccc21. The maximum absolute atomic E-state index is 12.8. The van der Waals surface area contributed by atoms with Crippen LogP contribution in [0, 0.1) is 0 Å². The molecule has 3 rings (SSSR count). The molecule has 2 aromatic carbocycles. The van der Waals surface area contributed by atoms with Gasteiger partial charge in [-0.15, -0.1) is 0 Å². The van der Waals surface area contributed by atoms with Gasteiger partial charge < -0.3 is 10.3 Å². The smallest absolute Gasteiger partial charge is 0.257 e. The van der Waals surface area contributed by atoms with Crippen LogP contribution in [0.4, 0.5) is 8.78 Å². The van der Waals surface area contributed by atoms with Gasteiger partial charge >= 0.3 is 0 Å². The van der Waals surface area contributed by atoms with Crippen molar-refractivity contribution in [2.24, 2.45) is 5.73 Å². The van der Waals surface area contributed by atoms with Crippen LogP contribution in [0.1, 0.15) is 18.5 Å². The van der Waals surface area contributed by atoms with Crippen LogP contribution >= 0.6 is 0 Å². The van der Waals surface area contributed by atoms with E-state index in [0.29, 0.717) is 5.56 Å². The Balaban J connectivity index is 2.31. The molecule has 2 N–H and O–H groups in total. The highest BCUT2D eigenvalue weighted by Gasteiger charge is 2.19. The van der Waals surface area contributed by atoms with Crippen LogP contribution in [0.15, 0.2) is 42.5 Å². The molecular weight excluding hydrogens is 258 g/mol. The van der Waals surface area contributed by atoms with E-state index in [4.69, 9.17) is 5.73 Å². The molecule has 0 fully saturated rings. The second-order valence-corrected chi connectivity index (χ2v) is 4.90. The molecule has 1 aromatic heterocycles. The summed E-state index contributed by atoms with van der Waals surface area (Å²) in [6, 6.07) is 12.2. The molecule has 3 aromatic rings. The topological polar surface area (TPSA) is 30.9 Å². The first-order valence-corrected chi connectivity index (χ1v) is 6.68. The molecule has 20 heavy (non-hydrogen) atoms. The van der Waals surface area contributed by atoms with Crippen molar-refractivity contribution in [1.82, 2.24) is 4.57 Å². The molecule has 0 bridgehead atoms. The van der Waals surface area contributed by atoms with Crippen LogP contribution in [0.25, 0.3) is 21.8 Å². The lowest BCUT2D eigenvalue weighted by molar-refractivity contribution is 0.116. The van der Waals surface area contributed by atoms with Crippen molar-refractivity contribution in [2.45, 2.75) is 25.9 Å². The summed E-state index contributed by atoms with van der Waals surface area (Å²) >= 11 is 0. The molecule has 0 amide bonds. The molecule has 0 unspecified atom stereocenters. The summed E-state index contributed by atoms with van der Waals surface area (Å²) in [5.41, 5.74) is 8.21. The Kier molecular flexibility index (Phi) is 3.18. The van der Waals surface area contributed by atoms with Gasteiger partial charge in [0, 0.05) is 28.4 Å². The number of nitrogens with two attached hydrogens (primary N) is 1. The third-order valence-electron chi connectivity index (χ3n) is 3.77. The first kappa shape index (κ1) is 13.1. The number of alkyl halides is 2. The first-order chi connectivity index (χ1) is 9.63. The average Bonchev–Trinajstić information content (AvgIpc) is 2.79. The van der Waals surface area contributed by atoms with Gasteiger partial charge in [0.05, 0.1) is 6.04 Å². The molecule has 1 heterocycles. The van der Waals surface area contributed by atoms with Crippen LogP contribution in [0.2, 0.25) is 0 Å². The Morgan fingerprint density at radius 2 is 1.75 bits per heavy atom. The van der Waals surface area contributed by atoms with Gasteiger partial charge in [-0.3, -0.25) is 0 Å². The van der Waals surface area contributed by atoms with Crippen LogP contribution in [-0.2, 0) is 6.54 Å². The Bertz CT molecular complexity index is 762. The predicted octanol–water partition coefficient (Wildman–Crippen LogP) is 4.08. The number of benzene rings is 2. The summed E-state index contributed by atoms with van der Waals surface area (Å²) in [5.74, 6) is 0. The molecule has 0 aliphatic carbocycles. The standard InChI is InChI=1S/C16H16F2N2/c1-2-20-13-6-4-3-5-11(13)12-9-10(7-8-14(12)20)15(19)16(17)18/h3-9,15-16H,2,19H2,1H3/t15-/m0/s1. The zero-order valence-electron chi connectivity index (χ0n) is 11.2. The number of rotatable bonds is 3. The number of halogens is 2. The number of hydrogen-bond acceptors (Lipinski definition) is 1. The van der Waals surface area contributed by atoms with Gasteiger partial charge in [-0.1, -0.05) is 24.3 Å². The van der Waals surface area contributed by atoms with Crippen LogP contribution in [0.5, 0.6) is 0 Å². The van der Waals surface area contributed by atoms with Crippen molar-refractivity contribution in [3.05, 3.63) is 48.0 Å². The molecule has 0 saturated heterocycles. The Morgan fingerprint density at radius 1 is 1.05 bits per heavy atom. The van der Waals surface area contributed by atoms with E-state index in [9.17, 15) is 8.78 Å². The number of para-hydroxylation sites is 1. The van der Waals surface area contributed by atoms with Crippen LogP contribution in [0.3, 0.4) is 0 Å². The van der Waals surface area contributed by atoms with Gasteiger partial charge in [0.25, 0.3) is 6.43 Å². The van der Waals surface area contributed by atoms with Crippen molar-refractivity contribution in [1.29, 1.82) is 0 Å². The zero-order chi connectivity index (χ0) is 14.3. The summed E-state index contributed by atoms with van der Waals surface area (Å²) in [7, 11) is 0. The Morgan fingerprint density at radius 3 is 2.45 bits per heavy atom. The minimum atomic E-state index is -2.55. The summed E-state index contributed by atoms with van der Waals surface area (Å²) in [6.45, 7) is 2.91. The second-order valence-electron chi connectivity index (χ2n) is 4.90. The van der Waals surface area contributed by atoms with Crippen molar-refractivity contribution in [3.63, 3.8) is 0 Å². The number of aromatic nitrogens is 1. The van der Waals surface area contributed by atoms with E-state index in [-0.39, 0.29) is 0 Å². The first-order valence-electron chi connectivity index (χ1n) is 6.68. The van der Waals surface area contributed by atoms with Gasteiger partial charge in [0.1, 0.15) is 0 Å². The fourth-order valence-electron chi connectivity index (χ4n) is 2.76. The number of aryl methyl sites for hydroxylation is 1. The summed E-state index contributed by atoms with van der Waals surface area (Å²) in [6.07, 6.45) is -2.55. The lowest BCUT2D eigenvalue weighted by Gasteiger charge is -2.11. The number of nitrogens with zero attached hydrogens (tertiary/aromatic N) is 1. The molecule has 0 saturated carbocycles. The molecule has 104 valence electrons. The van der Waals surface area contributed by atoms with Gasteiger partial charge in [-0.05, 0) is 30.7 Å². The van der Waals surface area contributed by atoms with Gasteiger partial charge in [0.15, 0.2) is 0 Å². The lowest BCUT2D eigenvalue weighted by Crippen LogP contribution is -2.18. The van der Waals surface area contributed by atoms with E-state index < -0.39 is 12.5 Å². The normalized spacial score (nSPS) is 13.4. The van der Waals surface area contributed by atoms with Crippen molar-refractivity contribution in [3.8, 4) is 0 Å². The van der Waals surface area contributed by atoms with Crippen molar-refractivity contribution < 1.29 is 8.78 Å². The predicted molar refractivity (Wildman–Crippen MR) is 78.1 cm³/mol. The molecule has 0 aliphatic heterocycles. The van der Waals surface area contributed by atoms with E-state index in [0.717, 1.165) is 28.4 Å². The quantitative estimate of drug-likeness (QED) is 0.766. The van der Waals surface area contributed by atoms with E-state index in [1.54, 1.807) is 12.1 Å².